The number of hydrogen-bond acceptors (Lipinski definition) is 5. The second kappa shape index (κ2) is 60.9. The number of unbranched alkanes of at least 4 members (excludes halogenated alkanes) is 45. The van der Waals surface area contributed by atoms with E-state index < -0.39 is 12.1 Å². The standard InChI is InChI=1S/C65H125NO5/c1-3-5-7-9-11-13-15-17-19-20-23-26-30-33-37-41-45-49-53-57-63(68)62(61-67)66-64(69)58-54-50-46-42-38-34-31-27-24-21-22-25-28-32-36-40-44-48-52-56-60-71-65(70)59-55-51-47-43-39-35-29-18-16-14-12-10-8-6-4-2/h12,14,18,29,62-63,67-68H,3-11,13,15-17,19-28,30-61H2,1-2H3,(H,66,69)/b14-12-,29-18-. The Labute approximate surface area is 443 Å². The van der Waals surface area contributed by atoms with E-state index in [9.17, 15) is 19.8 Å². The maximum atomic E-state index is 12.5. The van der Waals surface area contributed by atoms with Crippen molar-refractivity contribution in [3.05, 3.63) is 24.3 Å². The third kappa shape index (κ3) is 57.5. The molecule has 0 fully saturated rings. The number of carbonyl (C=O) groups is 2. The molecule has 3 N–H and O–H groups in total. The zero-order valence-electron chi connectivity index (χ0n) is 48.0. The SMILES string of the molecule is CCCCC/C=C\C/C=C\CCCCCCCC(=O)OCCCCCCCCCCCCCCCCCCCCCCC(=O)NC(CO)C(O)CCCCCCCCCCCCCCCCCCCCC. The highest BCUT2D eigenvalue weighted by molar-refractivity contribution is 5.76. The van der Waals surface area contributed by atoms with E-state index in [0.29, 0.717) is 25.9 Å². The maximum Gasteiger partial charge on any atom is 0.305 e. The van der Waals surface area contributed by atoms with Gasteiger partial charge in [0, 0.05) is 12.8 Å². The Morgan fingerprint density at radius 3 is 1.10 bits per heavy atom. The van der Waals surface area contributed by atoms with E-state index in [1.54, 1.807) is 0 Å². The van der Waals surface area contributed by atoms with Crippen LogP contribution in [0.3, 0.4) is 0 Å². The molecule has 0 saturated heterocycles. The van der Waals surface area contributed by atoms with Crippen LogP contribution in [0.4, 0.5) is 0 Å². The van der Waals surface area contributed by atoms with Crippen LogP contribution in [0.5, 0.6) is 0 Å². The average Bonchev–Trinajstić information content (AvgIpc) is 3.37. The fourth-order valence-corrected chi connectivity index (χ4v) is 10.1. The lowest BCUT2D eigenvalue weighted by Gasteiger charge is -2.22. The highest BCUT2D eigenvalue weighted by Gasteiger charge is 2.20. The molecule has 0 saturated carbocycles. The zero-order chi connectivity index (χ0) is 51.4. The van der Waals surface area contributed by atoms with Crippen molar-refractivity contribution >= 4 is 11.9 Å². The molecule has 0 radical (unpaired) electrons. The molecule has 6 heteroatoms. The predicted octanol–water partition coefficient (Wildman–Crippen LogP) is 20.2. The van der Waals surface area contributed by atoms with E-state index in [1.807, 2.05) is 0 Å². The summed E-state index contributed by atoms with van der Waals surface area (Å²) < 4.78 is 5.48. The monoisotopic (exact) mass is 1000 g/mol. The third-order valence-electron chi connectivity index (χ3n) is 15.0. The van der Waals surface area contributed by atoms with Gasteiger partial charge in [-0.3, -0.25) is 9.59 Å². The second-order valence-corrected chi connectivity index (χ2v) is 22.1. The van der Waals surface area contributed by atoms with Gasteiger partial charge < -0.3 is 20.3 Å². The average molecular weight is 1000 g/mol. The first-order valence-corrected chi connectivity index (χ1v) is 32.1. The van der Waals surface area contributed by atoms with Gasteiger partial charge in [-0.05, 0) is 57.8 Å². The van der Waals surface area contributed by atoms with Crippen molar-refractivity contribution in [2.75, 3.05) is 13.2 Å². The number of hydrogen-bond donors (Lipinski definition) is 3. The molecule has 2 atom stereocenters. The highest BCUT2D eigenvalue weighted by Crippen LogP contribution is 2.18. The van der Waals surface area contributed by atoms with Crippen LogP contribution in [0.25, 0.3) is 0 Å². The van der Waals surface area contributed by atoms with Crippen molar-refractivity contribution in [2.24, 2.45) is 0 Å². The molecule has 0 rings (SSSR count). The van der Waals surface area contributed by atoms with Crippen molar-refractivity contribution in [1.82, 2.24) is 5.32 Å². The third-order valence-corrected chi connectivity index (χ3v) is 15.0. The Balaban J connectivity index is 3.40. The molecular formula is C65H125NO5. The molecule has 0 aromatic carbocycles. The van der Waals surface area contributed by atoms with Gasteiger partial charge in [0.15, 0.2) is 0 Å². The van der Waals surface area contributed by atoms with Crippen molar-refractivity contribution in [3.63, 3.8) is 0 Å². The minimum atomic E-state index is -0.666. The first kappa shape index (κ1) is 69.3. The van der Waals surface area contributed by atoms with Gasteiger partial charge in [0.25, 0.3) is 0 Å². The van der Waals surface area contributed by atoms with Crippen molar-refractivity contribution in [2.45, 2.75) is 366 Å². The van der Waals surface area contributed by atoms with E-state index in [0.717, 1.165) is 51.4 Å². The lowest BCUT2D eigenvalue weighted by molar-refractivity contribution is -0.143. The van der Waals surface area contributed by atoms with Crippen LogP contribution in [0.1, 0.15) is 354 Å². The van der Waals surface area contributed by atoms with Crippen LogP contribution in [-0.4, -0.2) is 47.4 Å². The largest absolute Gasteiger partial charge is 0.466 e. The lowest BCUT2D eigenvalue weighted by atomic mass is 10.0. The summed E-state index contributed by atoms with van der Waals surface area (Å²) in [5, 5.41) is 23.4. The molecule has 0 aliphatic carbocycles. The van der Waals surface area contributed by atoms with Gasteiger partial charge in [0.1, 0.15) is 0 Å². The first-order chi connectivity index (χ1) is 35.0. The van der Waals surface area contributed by atoms with Gasteiger partial charge in [-0.2, -0.15) is 0 Å². The molecule has 420 valence electrons. The molecular weight excluding hydrogens is 875 g/mol. The van der Waals surface area contributed by atoms with E-state index in [1.165, 1.54) is 270 Å². The molecule has 0 heterocycles. The smallest absolute Gasteiger partial charge is 0.305 e. The number of nitrogens with one attached hydrogen (secondary N) is 1. The molecule has 0 spiro atoms. The molecule has 0 bridgehead atoms. The summed E-state index contributed by atoms with van der Waals surface area (Å²) in [4.78, 5) is 24.6. The lowest BCUT2D eigenvalue weighted by Crippen LogP contribution is -2.45. The van der Waals surface area contributed by atoms with E-state index >= 15 is 0 Å². The topological polar surface area (TPSA) is 95.9 Å². The van der Waals surface area contributed by atoms with Crippen LogP contribution < -0.4 is 5.32 Å². The fourth-order valence-electron chi connectivity index (χ4n) is 10.1. The molecule has 2 unspecified atom stereocenters. The van der Waals surface area contributed by atoms with Gasteiger partial charge >= 0.3 is 5.97 Å². The quantitative estimate of drug-likeness (QED) is 0.0320. The molecule has 0 aromatic heterocycles. The summed E-state index contributed by atoms with van der Waals surface area (Å²) in [6, 6.07) is -0.544. The molecule has 1 amide bonds. The summed E-state index contributed by atoms with van der Waals surface area (Å²) in [5.41, 5.74) is 0. The van der Waals surface area contributed by atoms with Crippen LogP contribution in [-0.2, 0) is 14.3 Å². The van der Waals surface area contributed by atoms with Crippen molar-refractivity contribution in [3.8, 4) is 0 Å². The number of amides is 1. The minimum absolute atomic E-state index is 0.00270. The summed E-state index contributed by atoms with van der Waals surface area (Å²) in [7, 11) is 0. The predicted molar refractivity (Wildman–Crippen MR) is 310 cm³/mol. The number of rotatable bonds is 60. The number of ether oxygens (including phenoxy) is 1. The highest BCUT2D eigenvalue weighted by atomic mass is 16.5. The van der Waals surface area contributed by atoms with Crippen LogP contribution in [0.2, 0.25) is 0 Å². The van der Waals surface area contributed by atoms with Crippen molar-refractivity contribution < 1.29 is 24.5 Å². The second-order valence-electron chi connectivity index (χ2n) is 22.1. The molecule has 71 heavy (non-hydrogen) atoms. The Hall–Kier alpha value is -1.66. The summed E-state index contributed by atoms with van der Waals surface area (Å²) in [6.45, 7) is 4.94. The maximum absolute atomic E-state index is 12.5. The summed E-state index contributed by atoms with van der Waals surface area (Å²) in [5.74, 6) is -0.0365. The van der Waals surface area contributed by atoms with E-state index in [2.05, 4.69) is 43.5 Å². The van der Waals surface area contributed by atoms with Crippen LogP contribution >= 0.6 is 0 Å². The molecule has 0 aliphatic heterocycles. The normalized spacial score (nSPS) is 12.7. The fraction of sp³-hybridized carbons (Fsp3) is 0.908. The zero-order valence-corrected chi connectivity index (χ0v) is 48.0. The Morgan fingerprint density at radius 1 is 0.394 bits per heavy atom. The molecule has 0 aromatic rings. The van der Waals surface area contributed by atoms with Gasteiger partial charge in [-0.15, -0.1) is 0 Å². The van der Waals surface area contributed by atoms with Crippen LogP contribution in [0, 0.1) is 0 Å². The van der Waals surface area contributed by atoms with Gasteiger partial charge in [0.05, 0.1) is 25.4 Å². The Kier molecular flexibility index (Phi) is 59.5. The number of esters is 1. The number of carbonyl (C=O) groups excluding carboxylic acids is 2. The number of aliphatic hydroxyl groups excluding tert-OH is 2. The van der Waals surface area contributed by atoms with Gasteiger partial charge in [-0.1, -0.05) is 308 Å². The Morgan fingerprint density at radius 2 is 0.704 bits per heavy atom. The minimum Gasteiger partial charge on any atom is -0.466 e. The van der Waals surface area contributed by atoms with Gasteiger partial charge in [-0.25, -0.2) is 0 Å². The number of aliphatic hydroxyl groups is 2. The van der Waals surface area contributed by atoms with Gasteiger partial charge in [0.2, 0.25) is 5.91 Å². The number of allylic oxidation sites excluding steroid dienone is 4. The van der Waals surface area contributed by atoms with E-state index in [-0.39, 0.29) is 18.5 Å². The summed E-state index contributed by atoms with van der Waals surface area (Å²) in [6.07, 6.45) is 74.7. The first-order valence-electron chi connectivity index (χ1n) is 32.1. The molecule has 6 nitrogen and oxygen atoms in total. The van der Waals surface area contributed by atoms with Crippen LogP contribution in [0.15, 0.2) is 24.3 Å². The van der Waals surface area contributed by atoms with E-state index in [4.69, 9.17) is 4.74 Å². The molecule has 0 aliphatic rings. The van der Waals surface area contributed by atoms with Crippen molar-refractivity contribution in [1.29, 1.82) is 0 Å². The summed E-state index contributed by atoms with van der Waals surface area (Å²) >= 11 is 0. The Bertz CT molecular complexity index is 1110.